The second kappa shape index (κ2) is 6.36. The predicted octanol–water partition coefficient (Wildman–Crippen LogP) is 5.52. The van der Waals surface area contributed by atoms with Crippen molar-refractivity contribution >= 4 is 10.9 Å². The first-order valence-corrected chi connectivity index (χ1v) is 8.20. The van der Waals surface area contributed by atoms with Crippen molar-refractivity contribution in [1.82, 2.24) is 4.98 Å². The van der Waals surface area contributed by atoms with E-state index >= 15 is 0 Å². The van der Waals surface area contributed by atoms with Gasteiger partial charge in [0.05, 0.1) is 30.8 Å². The number of hydrogen-bond acceptors (Lipinski definition) is 2. The van der Waals surface area contributed by atoms with Gasteiger partial charge in [0, 0.05) is 17.7 Å². The molecule has 0 unspecified atom stereocenters. The summed E-state index contributed by atoms with van der Waals surface area (Å²) >= 11 is 0. The molecule has 0 saturated carbocycles. The van der Waals surface area contributed by atoms with E-state index in [0.29, 0.717) is 0 Å². The van der Waals surface area contributed by atoms with E-state index in [2.05, 4.69) is 41.4 Å². The Balaban J connectivity index is 2.11. The smallest absolute Gasteiger partial charge is 0.132 e. The highest BCUT2D eigenvalue weighted by Crippen LogP contribution is 2.43. The number of benzene rings is 3. The Morgan fingerprint density at radius 2 is 1.36 bits per heavy atom. The lowest BCUT2D eigenvalue weighted by molar-refractivity contribution is 0.398. The zero-order valence-electron chi connectivity index (χ0n) is 14.2. The summed E-state index contributed by atoms with van der Waals surface area (Å²) in [6, 6.07) is 24.7. The van der Waals surface area contributed by atoms with Gasteiger partial charge in [0.25, 0.3) is 0 Å². The van der Waals surface area contributed by atoms with E-state index in [4.69, 9.17) is 9.47 Å². The zero-order chi connectivity index (χ0) is 17.2. The van der Waals surface area contributed by atoms with E-state index < -0.39 is 0 Å². The zero-order valence-corrected chi connectivity index (χ0v) is 14.2. The van der Waals surface area contributed by atoms with Crippen LogP contribution < -0.4 is 9.47 Å². The van der Waals surface area contributed by atoms with Gasteiger partial charge in [0.2, 0.25) is 0 Å². The molecule has 4 aromatic rings. The maximum atomic E-state index is 5.68. The molecule has 0 radical (unpaired) electrons. The van der Waals surface area contributed by atoms with Crippen LogP contribution in [0.4, 0.5) is 0 Å². The Hall–Kier alpha value is -3.20. The van der Waals surface area contributed by atoms with Crippen molar-refractivity contribution in [1.29, 1.82) is 0 Å². The van der Waals surface area contributed by atoms with Crippen LogP contribution in [0.15, 0.2) is 72.8 Å². The third-order valence-electron chi connectivity index (χ3n) is 4.42. The van der Waals surface area contributed by atoms with Crippen LogP contribution in [0.2, 0.25) is 0 Å². The first-order valence-electron chi connectivity index (χ1n) is 8.20. The minimum Gasteiger partial charge on any atom is -0.497 e. The summed E-state index contributed by atoms with van der Waals surface area (Å²) in [5, 5.41) is 1.06. The van der Waals surface area contributed by atoms with Gasteiger partial charge in [0.1, 0.15) is 11.5 Å². The molecule has 1 N–H and O–H groups in total. The molecule has 0 fully saturated rings. The molecule has 3 nitrogen and oxygen atoms in total. The highest BCUT2D eigenvalue weighted by Gasteiger charge is 2.19. The average Bonchev–Trinajstić information content (AvgIpc) is 3.08. The summed E-state index contributed by atoms with van der Waals surface area (Å²) in [4.78, 5) is 3.57. The second-order valence-electron chi connectivity index (χ2n) is 5.86. The normalized spacial score (nSPS) is 10.8. The van der Waals surface area contributed by atoms with Crippen LogP contribution in [0.5, 0.6) is 11.5 Å². The molecule has 4 rings (SSSR count). The van der Waals surface area contributed by atoms with Crippen molar-refractivity contribution in [2.45, 2.75) is 0 Å². The number of fused-ring (bicyclic) bond motifs is 1. The Kier molecular flexibility index (Phi) is 3.90. The number of H-pyrrole nitrogens is 1. The van der Waals surface area contributed by atoms with Gasteiger partial charge < -0.3 is 14.5 Å². The lowest BCUT2D eigenvalue weighted by Crippen LogP contribution is -1.88. The third-order valence-corrected chi connectivity index (χ3v) is 4.42. The fourth-order valence-corrected chi connectivity index (χ4v) is 3.26. The standard InChI is InChI=1S/C22H19NO2/c1-24-17-13-18-21(19(14-17)25-2)20(15-9-5-3-6-10-15)22(23-18)16-11-7-4-8-12-16/h3-14,23H,1-2H3. The van der Waals surface area contributed by atoms with Crippen LogP contribution in [-0.4, -0.2) is 19.2 Å². The number of nitrogens with one attached hydrogen (secondary N) is 1. The summed E-state index contributed by atoms with van der Waals surface area (Å²) in [6.07, 6.45) is 0. The first kappa shape index (κ1) is 15.3. The minimum absolute atomic E-state index is 0.768. The van der Waals surface area contributed by atoms with Gasteiger partial charge in [-0.25, -0.2) is 0 Å². The maximum Gasteiger partial charge on any atom is 0.132 e. The molecule has 0 aliphatic carbocycles. The second-order valence-corrected chi connectivity index (χ2v) is 5.86. The van der Waals surface area contributed by atoms with Gasteiger partial charge in [-0.15, -0.1) is 0 Å². The lowest BCUT2D eigenvalue weighted by Gasteiger charge is -2.09. The van der Waals surface area contributed by atoms with E-state index in [9.17, 15) is 0 Å². The van der Waals surface area contributed by atoms with E-state index in [1.165, 1.54) is 0 Å². The molecular formula is C22H19NO2. The summed E-state index contributed by atoms with van der Waals surface area (Å²) in [6.45, 7) is 0. The molecule has 0 aliphatic heterocycles. The van der Waals surface area contributed by atoms with Crippen molar-refractivity contribution in [3.05, 3.63) is 72.8 Å². The molecular weight excluding hydrogens is 310 g/mol. The van der Waals surface area contributed by atoms with Crippen molar-refractivity contribution in [2.75, 3.05) is 14.2 Å². The van der Waals surface area contributed by atoms with Gasteiger partial charge in [0.15, 0.2) is 0 Å². The highest BCUT2D eigenvalue weighted by atomic mass is 16.5. The molecule has 3 aromatic carbocycles. The fourth-order valence-electron chi connectivity index (χ4n) is 3.26. The number of rotatable bonds is 4. The molecule has 25 heavy (non-hydrogen) atoms. The summed E-state index contributed by atoms with van der Waals surface area (Å²) in [7, 11) is 3.36. The van der Waals surface area contributed by atoms with Crippen molar-refractivity contribution in [2.24, 2.45) is 0 Å². The van der Waals surface area contributed by atoms with Gasteiger partial charge >= 0.3 is 0 Å². The molecule has 1 heterocycles. The molecule has 3 heteroatoms. The predicted molar refractivity (Wildman–Crippen MR) is 102 cm³/mol. The number of methoxy groups -OCH3 is 2. The van der Waals surface area contributed by atoms with Crippen LogP contribution in [0.3, 0.4) is 0 Å². The molecule has 0 bridgehead atoms. The molecule has 0 spiro atoms. The van der Waals surface area contributed by atoms with Gasteiger partial charge in [-0.1, -0.05) is 60.7 Å². The number of aromatic nitrogens is 1. The quantitative estimate of drug-likeness (QED) is 0.535. The number of hydrogen-bond donors (Lipinski definition) is 1. The third kappa shape index (κ3) is 2.64. The Bertz CT molecular complexity index is 1000. The maximum absolute atomic E-state index is 5.68. The number of aromatic amines is 1. The molecule has 124 valence electrons. The monoisotopic (exact) mass is 329 g/mol. The minimum atomic E-state index is 0.768. The van der Waals surface area contributed by atoms with Gasteiger partial charge in [-0.2, -0.15) is 0 Å². The van der Waals surface area contributed by atoms with Crippen LogP contribution in [0.25, 0.3) is 33.3 Å². The summed E-state index contributed by atoms with van der Waals surface area (Å²) in [5.41, 5.74) is 5.50. The number of ether oxygens (including phenoxy) is 2. The molecule has 0 amide bonds. The van der Waals surface area contributed by atoms with Gasteiger partial charge in [-0.3, -0.25) is 0 Å². The lowest BCUT2D eigenvalue weighted by atomic mass is 9.98. The summed E-state index contributed by atoms with van der Waals surface area (Å²) < 4.78 is 11.1. The Morgan fingerprint density at radius 1 is 0.720 bits per heavy atom. The molecule has 1 aromatic heterocycles. The summed E-state index contributed by atoms with van der Waals surface area (Å²) in [5.74, 6) is 1.57. The first-order chi connectivity index (χ1) is 12.3. The van der Waals surface area contributed by atoms with Crippen molar-refractivity contribution < 1.29 is 9.47 Å². The van der Waals surface area contributed by atoms with Crippen LogP contribution in [0, 0.1) is 0 Å². The van der Waals surface area contributed by atoms with E-state index in [-0.39, 0.29) is 0 Å². The SMILES string of the molecule is COc1cc(OC)c2c(-c3ccccc3)c(-c3ccccc3)[nH]c2c1. The Morgan fingerprint density at radius 3 is 1.96 bits per heavy atom. The van der Waals surface area contributed by atoms with Crippen LogP contribution in [-0.2, 0) is 0 Å². The van der Waals surface area contributed by atoms with E-state index in [1.54, 1.807) is 14.2 Å². The average molecular weight is 329 g/mol. The largest absolute Gasteiger partial charge is 0.497 e. The van der Waals surface area contributed by atoms with Crippen molar-refractivity contribution in [3.63, 3.8) is 0 Å². The fraction of sp³-hybridized carbons (Fsp3) is 0.0909. The van der Waals surface area contributed by atoms with Crippen molar-refractivity contribution in [3.8, 4) is 33.9 Å². The Labute approximate surface area is 146 Å². The van der Waals surface area contributed by atoms with Crippen LogP contribution >= 0.6 is 0 Å². The van der Waals surface area contributed by atoms with E-state index in [0.717, 1.165) is 44.8 Å². The highest BCUT2D eigenvalue weighted by molar-refractivity contribution is 6.07. The van der Waals surface area contributed by atoms with E-state index in [1.807, 2.05) is 36.4 Å². The van der Waals surface area contributed by atoms with Crippen LogP contribution in [0.1, 0.15) is 0 Å². The molecule has 0 aliphatic rings. The molecule has 0 atom stereocenters. The topological polar surface area (TPSA) is 34.2 Å². The molecule has 0 saturated heterocycles. The van der Waals surface area contributed by atoms with Gasteiger partial charge in [-0.05, 0) is 11.1 Å².